The molecule has 6 rings (SSSR count). The second-order valence-corrected chi connectivity index (χ2v) is 18.6. The van der Waals surface area contributed by atoms with Crippen molar-refractivity contribution in [3.63, 3.8) is 0 Å². The molecule has 301 valence electrons. The van der Waals surface area contributed by atoms with E-state index in [4.69, 9.17) is 9.40 Å². The van der Waals surface area contributed by atoms with Crippen molar-refractivity contribution in [2.75, 3.05) is 0 Å². The van der Waals surface area contributed by atoms with Crippen LogP contribution in [0.4, 0.5) is 0 Å². The SMILES string of the molecule is CCC(C)(CC)C(=O)/C=C(\O)C(C)(CC)CC.Cc1sc2cc(CC(C)C)ccc2c1-c1oc2c(-c3[c-]c4ccccc4c(C(C)(C)C)c3)nccc2c1C.[Ir]. The Morgan fingerprint density at radius 1 is 0.875 bits per heavy atom. The third kappa shape index (κ3) is 9.09. The van der Waals surface area contributed by atoms with Crippen LogP contribution in [-0.4, -0.2) is 15.9 Å². The first-order chi connectivity index (χ1) is 25.9. The molecule has 6 aromatic rings. The first-order valence-corrected chi connectivity index (χ1v) is 21.0. The van der Waals surface area contributed by atoms with Gasteiger partial charge in [-0.15, -0.1) is 40.5 Å². The standard InChI is InChI=1S/C35H34NOS.C15H28O2.Ir/c1-20(2)16-23-12-13-28-30(17-23)38-22(4)31(28)33-21(3)26-14-15-36-32(34(26)37-33)25-18-24-10-8-9-11-27(24)29(19-25)35(5,6)7;1-7-14(5,8-2)12(16)11-13(17)15(6,9-3)10-4;/h8-15,17,19-20H,16H2,1-7H3;11,16H,7-10H2,1-6H3;/q-1;;/b;12-11-;. The molecule has 0 atom stereocenters. The van der Waals surface area contributed by atoms with Crippen LogP contribution >= 0.6 is 11.3 Å². The van der Waals surface area contributed by atoms with Crippen molar-refractivity contribution in [3.8, 4) is 22.6 Å². The van der Waals surface area contributed by atoms with Crippen LogP contribution in [0.25, 0.3) is 54.4 Å². The van der Waals surface area contributed by atoms with E-state index in [9.17, 15) is 9.90 Å². The molecule has 0 unspecified atom stereocenters. The summed E-state index contributed by atoms with van der Waals surface area (Å²) >= 11 is 1.86. The number of pyridine rings is 1. The number of hydrogen-bond acceptors (Lipinski definition) is 5. The van der Waals surface area contributed by atoms with Gasteiger partial charge in [0.15, 0.2) is 5.78 Å². The van der Waals surface area contributed by atoms with E-state index in [1.54, 1.807) is 0 Å². The Morgan fingerprint density at radius 2 is 1.52 bits per heavy atom. The maximum atomic E-state index is 12.2. The summed E-state index contributed by atoms with van der Waals surface area (Å²) in [5.41, 5.74) is 7.11. The molecule has 3 heterocycles. The van der Waals surface area contributed by atoms with Crippen LogP contribution in [0.2, 0.25) is 0 Å². The molecule has 4 nitrogen and oxygen atoms in total. The number of carbonyl (C=O) groups is 1. The minimum absolute atomic E-state index is 0. The predicted molar refractivity (Wildman–Crippen MR) is 236 cm³/mol. The van der Waals surface area contributed by atoms with E-state index in [0.29, 0.717) is 5.92 Å². The number of fused-ring (bicyclic) bond motifs is 3. The van der Waals surface area contributed by atoms with Crippen LogP contribution in [-0.2, 0) is 36.7 Å². The summed E-state index contributed by atoms with van der Waals surface area (Å²) in [6, 6.07) is 23.4. The van der Waals surface area contributed by atoms with Gasteiger partial charge in [-0.25, -0.2) is 0 Å². The summed E-state index contributed by atoms with van der Waals surface area (Å²) < 4.78 is 8.10. The summed E-state index contributed by atoms with van der Waals surface area (Å²) in [5, 5.41) is 14.9. The van der Waals surface area contributed by atoms with Gasteiger partial charge in [0, 0.05) is 80.4 Å². The number of rotatable bonds is 11. The maximum Gasteiger partial charge on any atom is 0.164 e. The molecule has 1 radical (unpaired) electrons. The van der Waals surface area contributed by atoms with Crippen LogP contribution in [0.5, 0.6) is 0 Å². The van der Waals surface area contributed by atoms with Crippen LogP contribution in [0, 0.1) is 36.7 Å². The Hall–Kier alpha value is -3.57. The summed E-state index contributed by atoms with van der Waals surface area (Å²) in [6.45, 7) is 27.8. The molecule has 0 aliphatic rings. The summed E-state index contributed by atoms with van der Waals surface area (Å²) in [4.78, 5) is 18.3. The van der Waals surface area contributed by atoms with Gasteiger partial charge < -0.3 is 9.52 Å². The van der Waals surface area contributed by atoms with Crippen molar-refractivity contribution in [1.82, 2.24) is 4.98 Å². The third-order valence-corrected chi connectivity index (χ3v) is 13.2. The largest absolute Gasteiger partial charge is 0.512 e. The fourth-order valence-corrected chi connectivity index (χ4v) is 8.51. The fraction of sp³-hybridized carbons (Fsp3) is 0.440. The second kappa shape index (κ2) is 17.9. The quantitative estimate of drug-likeness (QED) is 0.0798. The van der Waals surface area contributed by atoms with Gasteiger partial charge in [0.05, 0.1) is 0 Å². The fourth-order valence-electron chi connectivity index (χ4n) is 7.38. The second-order valence-electron chi connectivity index (χ2n) is 17.4. The Labute approximate surface area is 353 Å². The van der Waals surface area contributed by atoms with E-state index in [1.807, 2.05) is 59.1 Å². The Kier molecular flexibility index (Phi) is 14.4. The number of benzene rings is 3. The molecule has 0 fully saturated rings. The van der Waals surface area contributed by atoms with E-state index >= 15 is 0 Å². The van der Waals surface area contributed by atoms with Gasteiger partial charge in [-0.1, -0.05) is 117 Å². The van der Waals surface area contributed by atoms with Gasteiger partial charge in [0.25, 0.3) is 0 Å². The van der Waals surface area contributed by atoms with E-state index in [0.717, 1.165) is 71.0 Å². The predicted octanol–water partition coefficient (Wildman–Crippen LogP) is 15.1. The Balaban J connectivity index is 0.000000330. The molecule has 0 aliphatic carbocycles. The number of furan rings is 1. The van der Waals surface area contributed by atoms with E-state index in [1.165, 1.54) is 43.1 Å². The molecular formula is C50H62IrNO3S-. The van der Waals surface area contributed by atoms with E-state index in [-0.39, 0.29) is 47.9 Å². The summed E-state index contributed by atoms with van der Waals surface area (Å²) in [6.07, 6.45) is 7.75. The summed E-state index contributed by atoms with van der Waals surface area (Å²) in [7, 11) is 0. The number of aryl methyl sites for hydroxylation is 2. The Morgan fingerprint density at radius 3 is 2.12 bits per heavy atom. The van der Waals surface area contributed by atoms with Crippen LogP contribution in [0.1, 0.15) is 123 Å². The summed E-state index contributed by atoms with van der Waals surface area (Å²) in [5.74, 6) is 1.88. The number of ketones is 1. The van der Waals surface area contributed by atoms with Gasteiger partial charge >= 0.3 is 0 Å². The molecule has 0 saturated heterocycles. The third-order valence-electron chi connectivity index (χ3n) is 12.1. The molecule has 0 spiro atoms. The van der Waals surface area contributed by atoms with Crippen LogP contribution < -0.4 is 0 Å². The number of thiophene rings is 1. The van der Waals surface area contributed by atoms with Crippen molar-refractivity contribution in [2.24, 2.45) is 16.7 Å². The minimum atomic E-state index is -0.337. The van der Waals surface area contributed by atoms with Crippen molar-refractivity contribution >= 4 is 48.9 Å². The molecule has 0 amide bonds. The number of allylic oxidation sites excluding steroid dienone is 2. The minimum Gasteiger partial charge on any atom is -0.512 e. The number of aromatic nitrogens is 1. The molecule has 0 saturated carbocycles. The molecule has 56 heavy (non-hydrogen) atoms. The molecule has 1 N–H and O–H groups in total. The van der Waals surface area contributed by atoms with Crippen molar-refractivity contribution < 1.29 is 34.4 Å². The molecule has 6 heteroatoms. The van der Waals surface area contributed by atoms with E-state index < -0.39 is 0 Å². The topological polar surface area (TPSA) is 63.3 Å². The van der Waals surface area contributed by atoms with Crippen LogP contribution in [0.3, 0.4) is 0 Å². The Bertz CT molecular complexity index is 2340. The van der Waals surface area contributed by atoms with Gasteiger partial charge in [-0.3, -0.25) is 9.78 Å². The molecule has 0 bridgehead atoms. The zero-order valence-electron chi connectivity index (χ0n) is 35.9. The molecule has 0 aliphatic heterocycles. The zero-order valence-corrected chi connectivity index (χ0v) is 39.1. The monoisotopic (exact) mass is 949 g/mol. The molecule has 3 aromatic heterocycles. The van der Waals surface area contributed by atoms with Crippen molar-refractivity contribution in [1.29, 1.82) is 0 Å². The first-order valence-electron chi connectivity index (χ1n) is 20.2. The van der Waals surface area contributed by atoms with Crippen molar-refractivity contribution in [3.05, 3.63) is 100 Å². The first kappa shape index (κ1) is 45.1. The molecule has 3 aromatic carbocycles. The average Bonchev–Trinajstić information content (AvgIpc) is 3.67. The smallest absolute Gasteiger partial charge is 0.164 e. The number of hydrogen-bond donors (Lipinski definition) is 1. The van der Waals surface area contributed by atoms with Gasteiger partial charge in [-0.05, 0) is 75.0 Å². The van der Waals surface area contributed by atoms with E-state index in [2.05, 4.69) is 109 Å². The van der Waals surface area contributed by atoms with Gasteiger partial charge in [0.1, 0.15) is 17.1 Å². The number of carbonyl (C=O) groups excluding carboxylic acids is 1. The van der Waals surface area contributed by atoms with Gasteiger partial charge in [0.2, 0.25) is 0 Å². The zero-order chi connectivity index (χ0) is 40.5. The number of nitrogens with zero attached hydrogens (tertiary/aromatic N) is 1. The van der Waals surface area contributed by atoms with Gasteiger partial charge in [-0.2, -0.15) is 0 Å². The van der Waals surface area contributed by atoms with Crippen LogP contribution in [0.15, 0.2) is 77.0 Å². The van der Waals surface area contributed by atoms with Crippen molar-refractivity contribution in [2.45, 2.75) is 128 Å². The number of aliphatic hydroxyl groups is 1. The maximum absolute atomic E-state index is 12.2. The number of aliphatic hydroxyl groups excluding tert-OH is 1. The average molecular weight is 949 g/mol. The normalized spacial score (nSPS) is 12.6. The molecular weight excluding hydrogens is 887 g/mol.